The number of hydrogen-bond acceptors (Lipinski definition) is 16. The van der Waals surface area contributed by atoms with Crippen molar-refractivity contribution in [3.05, 3.63) is 72.8 Å². The molecule has 0 saturated carbocycles. The lowest BCUT2D eigenvalue weighted by Gasteiger charge is -2.42. The van der Waals surface area contributed by atoms with Gasteiger partial charge in [0.25, 0.3) is 0 Å². The van der Waals surface area contributed by atoms with Crippen molar-refractivity contribution in [1.29, 1.82) is 0 Å². The maximum absolute atomic E-state index is 10.1. The van der Waals surface area contributed by atoms with Gasteiger partial charge in [0.15, 0.2) is 46.0 Å². The Balaban J connectivity index is 1.40. The Morgan fingerprint density at radius 1 is 0.424 bits per heavy atom. The van der Waals surface area contributed by atoms with E-state index in [0.717, 1.165) is 0 Å². The third kappa shape index (κ3) is 14.8. The molecule has 1 aliphatic rings. The number of aromatic hydroxyl groups is 4. The van der Waals surface area contributed by atoms with Gasteiger partial charge in [-0.1, -0.05) is 0 Å². The summed E-state index contributed by atoms with van der Waals surface area (Å²) in [7, 11) is -6.14. The van der Waals surface area contributed by atoms with E-state index < -0.39 is 34.0 Å². The zero-order chi connectivity index (χ0) is 48.0. The smallest absolute Gasteiger partial charge is 0.326 e. The minimum Gasteiger partial charge on any atom is -0.504 e. The van der Waals surface area contributed by atoms with Gasteiger partial charge in [-0.3, -0.25) is 0 Å². The summed E-state index contributed by atoms with van der Waals surface area (Å²) in [4.78, 5) is 0. The fourth-order valence-electron chi connectivity index (χ4n) is 7.98. The third-order valence-electron chi connectivity index (χ3n) is 11.4. The molecule has 0 amide bonds. The van der Waals surface area contributed by atoms with Gasteiger partial charge >= 0.3 is 25.7 Å². The monoisotopic (exact) mass is 988 g/mol. The molecular formula is C46H68O16Si4. The second-order valence-electron chi connectivity index (χ2n) is 16.9. The summed E-state index contributed by atoms with van der Waals surface area (Å²) in [6.07, 6.45) is 2.54. The van der Waals surface area contributed by atoms with Crippen LogP contribution >= 0.6 is 0 Å². The van der Waals surface area contributed by atoms with E-state index in [1.807, 2.05) is 0 Å². The summed E-state index contributed by atoms with van der Waals surface area (Å²) in [6.45, 7) is 12.2. The molecule has 4 aromatic carbocycles. The van der Waals surface area contributed by atoms with E-state index in [1.54, 1.807) is 72.8 Å². The van der Waals surface area contributed by atoms with Gasteiger partial charge in [-0.2, -0.15) is 0 Å². The maximum atomic E-state index is 10.1. The van der Waals surface area contributed by atoms with Gasteiger partial charge in [0.05, 0.1) is 60.6 Å². The van der Waals surface area contributed by atoms with E-state index in [9.17, 15) is 20.4 Å². The first-order chi connectivity index (χ1) is 31.4. The van der Waals surface area contributed by atoms with Crippen molar-refractivity contribution >= 4 is 34.0 Å². The van der Waals surface area contributed by atoms with Crippen LogP contribution in [0, 0.1) is 0 Å². The summed E-state index contributed by atoms with van der Waals surface area (Å²) >= 11 is 0. The topological polar surface area (TPSA) is 192 Å². The third-order valence-corrected chi connectivity index (χ3v) is 30.0. The fourth-order valence-corrected chi connectivity index (χ4v) is 29.8. The van der Waals surface area contributed by atoms with Gasteiger partial charge in [0.1, 0.15) is 23.0 Å². The minimum atomic E-state index is -3.14. The Labute approximate surface area is 393 Å². The standard InChI is InChI=1S/C46H68O16Si4/c1-34-59-64(7,27-11-23-56-36-15-19-40(48)44(31-36)52-3)61-66(9,29-13-25-58-38-17-21-42(50)46(33-38)54-5)62-65(8,28-12-24-57-37-16-20-41(49)45(32-37)53-4)60-63(34,6)26-10-22-55-35-14-18-39(47)43(30-35)51-2/h14-21,30-34,47-50H,10-13,22-29H2,1-9H3. The number of hydrogen-bond donors (Lipinski definition) is 4. The van der Waals surface area contributed by atoms with Crippen LogP contribution in [0.4, 0.5) is 0 Å². The van der Waals surface area contributed by atoms with Crippen LogP contribution in [0.15, 0.2) is 72.8 Å². The highest BCUT2D eigenvalue weighted by Gasteiger charge is 2.55. The molecule has 364 valence electrons. The van der Waals surface area contributed by atoms with Crippen LogP contribution in [0.25, 0.3) is 0 Å². The Morgan fingerprint density at radius 3 is 1.05 bits per heavy atom. The minimum absolute atomic E-state index is 0.0299. The molecule has 0 radical (unpaired) electrons. The van der Waals surface area contributed by atoms with Crippen molar-refractivity contribution in [2.75, 3.05) is 54.9 Å². The largest absolute Gasteiger partial charge is 0.504 e. The van der Waals surface area contributed by atoms with Gasteiger partial charge < -0.3 is 75.1 Å². The molecule has 1 fully saturated rings. The van der Waals surface area contributed by atoms with Gasteiger partial charge in [-0.15, -0.1) is 0 Å². The van der Waals surface area contributed by atoms with Gasteiger partial charge in [-0.05, 0) is 132 Å². The Kier molecular flexibility index (Phi) is 18.8. The number of benzene rings is 4. The van der Waals surface area contributed by atoms with Crippen molar-refractivity contribution < 1.29 is 75.1 Å². The first-order valence-corrected chi connectivity index (χ1v) is 32.5. The van der Waals surface area contributed by atoms with Crippen molar-refractivity contribution in [2.45, 2.75) is 88.7 Å². The summed E-state index contributed by atoms with van der Waals surface area (Å²) in [5, 5.41) is 40.5. The number of phenols is 4. The predicted octanol–water partition coefficient (Wildman–Crippen LogP) is 9.52. The lowest BCUT2D eigenvalue weighted by atomic mass is 10.3. The van der Waals surface area contributed by atoms with Crippen molar-refractivity contribution in [1.82, 2.24) is 0 Å². The van der Waals surface area contributed by atoms with Crippen molar-refractivity contribution in [3.8, 4) is 69.0 Å². The highest BCUT2D eigenvalue weighted by atomic mass is 28.5. The van der Waals surface area contributed by atoms with Gasteiger partial charge in [-0.25, -0.2) is 0 Å². The molecule has 4 N–H and O–H groups in total. The first-order valence-electron chi connectivity index (χ1n) is 22.2. The van der Waals surface area contributed by atoms with E-state index in [4.69, 9.17) is 54.7 Å². The second-order valence-corrected chi connectivity index (χ2v) is 31.8. The molecule has 1 heterocycles. The van der Waals surface area contributed by atoms with E-state index in [1.165, 1.54) is 28.4 Å². The van der Waals surface area contributed by atoms with Gasteiger partial charge in [0.2, 0.25) is 8.32 Å². The van der Waals surface area contributed by atoms with E-state index in [0.29, 0.717) is 122 Å². The molecule has 0 aromatic heterocycles. The second kappa shape index (κ2) is 23.8. The van der Waals surface area contributed by atoms with Crippen LogP contribution in [0.2, 0.25) is 50.4 Å². The number of methoxy groups -OCH3 is 4. The highest BCUT2D eigenvalue weighted by molar-refractivity contribution is 6.91. The molecule has 1 saturated heterocycles. The molecule has 0 bridgehead atoms. The highest BCUT2D eigenvalue weighted by Crippen LogP contribution is 2.40. The summed E-state index contributed by atoms with van der Waals surface area (Å²) in [6, 6.07) is 22.2. The zero-order valence-corrected chi connectivity index (χ0v) is 43.7. The molecule has 4 aromatic rings. The molecule has 0 aliphatic carbocycles. The molecule has 16 nitrogen and oxygen atoms in total. The molecule has 5 atom stereocenters. The first kappa shape index (κ1) is 52.2. The molecule has 20 heteroatoms. The molecule has 0 spiro atoms. The lowest BCUT2D eigenvalue weighted by Crippen LogP contribution is -2.59. The van der Waals surface area contributed by atoms with Crippen LogP contribution < -0.4 is 37.9 Å². The average Bonchev–Trinajstić information content (AvgIpc) is 3.30. The Morgan fingerprint density at radius 2 is 0.712 bits per heavy atom. The van der Waals surface area contributed by atoms with Crippen LogP contribution in [0.5, 0.6) is 69.0 Å². The summed E-state index contributed by atoms with van der Waals surface area (Å²) < 4.78 is 75.4. The van der Waals surface area contributed by atoms with Crippen molar-refractivity contribution in [3.63, 3.8) is 0 Å². The molecule has 66 heavy (non-hydrogen) atoms. The van der Waals surface area contributed by atoms with Crippen LogP contribution in [-0.4, -0.2) is 115 Å². The van der Waals surface area contributed by atoms with Crippen LogP contribution in [-0.2, 0) is 16.8 Å². The Bertz CT molecular complexity index is 2170. The molecule has 5 unspecified atom stereocenters. The van der Waals surface area contributed by atoms with Gasteiger partial charge in [0, 0.05) is 24.3 Å². The van der Waals surface area contributed by atoms with E-state index in [2.05, 4.69) is 33.1 Å². The predicted molar refractivity (Wildman–Crippen MR) is 259 cm³/mol. The Hall–Kier alpha value is -4.81. The van der Waals surface area contributed by atoms with Crippen LogP contribution in [0.3, 0.4) is 0 Å². The fraction of sp³-hybridized carbons (Fsp3) is 0.478. The lowest BCUT2D eigenvalue weighted by molar-refractivity contribution is 0.195. The van der Waals surface area contributed by atoms with Crippen LogP contribution in [0.1, 0.15) is 32.6 Å². The van der Waals surface area contributed by atoms with E-state index >= 15 is 0 Å². The normalized spacial score (nSPS) is 23.1. The number of phenolic OH excluding ortho intramolecular Hbond substituents is 4. The van der Waals surface area contributed by atoms with E-state index in [-0.39, 0.29) is 28.7 Å². The average molecular weight is 989 g/mol. The quantitative estimate of drug-likeness (QED) is 0.0383. The zero-order valence-electron chi connectivity index (χ0n) is 39.7. The number of rotatable bonds is 24. The van der Waals surface area contributed by atoms with Crippen molar-refractivity contribution in [2.24, 2.45) is 0 Å². The SMILES string of the molecule is COc1cc(OCCC[Si]2(C)OC(C)[Si](C)(CCCOc3ccc(O)c(OC)c3)O[Si](C)(CCCOc3ccc(O)c(OC)c3)O[Si](C)(CCCOc3ccc(O)c(OC)c3)O2)ccc1O. The maximum Gasteiger partial charge on any atom is 0.326 e. The number of ether oxygens (including phenoxy) is 8. The summed E-state index contributed by atoms with van der Waals surface area (Å²) in [5.41, 5.74) is -0.287. The summed E-state index contributed by atoms with van der Waals surface area (Å²) in [5.74, 6) is 3.75. The molecule has 5 rings (SSSR count). The molecule has 1 aliphatic heterocycles. The molecular weight excluding hydrogens is 921 g/mol.